The summed E-state index contributed by atoms with van der Waals surface area (Å²) in [5, 5.41) is 21.8. The molecule has 0 spiro atoms. The number of rotatable bonds is 5. The van der Waals surface area contributed by atoms with Crippen molar-refractivity contribution in [3.63, 3.8) is 0 Å². The Bertz CT molecular complexity index is 565. The highest BCUT2D eigenvalue weighted by molar-refractivity contribution is 5.97. The van der Waals surface area contributed by atoms with Gasteiger partial charge in [0, 0.05) is 19.8 Å². The Morgan fingerprint density at radius 1 is 1.36 bits per heavy atom. The molecule has 0 aliphatic carbocycles. The summed E-state index contributed by atoms with van der Waals surface area (Å²) in [6, 6.07) is 4.29. The Kier molecular flexibility index (Phi) is 4.87. The number of phenolic OH excluding ortho intramolecular Hbond substituents is 1. The Morgan fingerprint density at radius 2 is 2.05 bits per heavy atom. The van der Waals surface area contributed by atoms with E-state index < -0.39 is 17.3 Å². The first-order valence-corrected chi connectivity index (χ1v) is 6.95. The van der Waals surface area contributed by atoms with Crippen LogP contribution >= 0.6 is 0 Å². The zero-order valence-corrected chi connectivity index (χ0v) is 12.3. The molecule has 1 amide bonds. The highest BCUT2D eigenvalue weighted by Crippen LogP contribution is 2.30. The van der Waals surface area contributed by atoms with Crippen LogP contribution in [-0.2, 0) is 9.53 Å². The molecule has 2 rings (SSSR count). The van der Waals surface area contributed by atoms with Gasteiger partial charge < -0.3 is 25.0 Å². The molecule has 0 bridgehead atoms. The molecule has 7 heteroatoms. The van der Waals surface area contributed by atoms with E-state index in [1.807, 2.05) is 0 Å². The lowest BCUT2D eigenvalue weighted by Crippen LogP contribution is -2.46. The van der Waals surface area contributed by atoms with Crippen LogP contribution < -0.4 is 10.1 Å². The van der Waals surface area contributed by atoms with Crippen molar-refractivity contribution in [2.75, 3.05) is 26.9 Å². The number of amides is 1. The molecular formula is C15H19NO6. The Morgan fingerprint density at radius 3 is 2.64 bits per heavy atom. The van der Waals surface area contributed by atoms with Gasteiger partial charge in [0.1, 0.15) is 11.5 Å². The van der Waals surface area contributed by atoms with Crippen molar-refractivity contribution in [2.45, 2.75) is 12.8 Å². The summed E-state index contributed by atoms with van der Waals surface area (Å²) in [5.41, 5.74) is -0.977. The molecule has 0 radical (unpaired) electrons. The molecule has 1 aromatic carbocycles. The molecular weight excluding hydrogens is 290 g/mol. The standard InChI is InChI=1S/C15H19NO6/c1-21-10-2-3-12(17)11(8-10)13(18)16-9-15(14(19)20)4-6-22-7-5-15/h2-3,8,17H,4-7,9H2,1H3,(H,16,18)(H,19,20). The van der Waals surface area contributed by atoms with Gasteiger partial charge in [-0.25, -0.2) is 0 Å². The van der Waals surface area contributed by atoms with Gasteiger partial charge in [0.25, 0.3) is 5.91 Å². The maximum atomic E-state index is 12.2. The lowest BCUT2D eigenvalue weighted by Gasteiger charge is -2.33. The van der Waals surface area contributed by atoms with Gasteiger partial charge in [-0.2, -0.15) is 0 Å². The third-order valence-electron chi connectivity index (χ3n) is 3.94. The predicted octanol–water partition coefficient (Wildman–Crippen LogP) is 1.01. The molecule has 1 aromatic rings. The molecule has 1 saturated heterocycles. The zero-order chi connectivity index (χ0) is 16.2. The van der Waals surface area contributed by atoms with Gasteiger partial charge in [0.05, 0.1) is 18.1 Å². The molecule has 0 saturated carbocycles. The van der Waals surface area contributed by atoms with Crippen molar-refractivity contribution in [2.24, 2.45) is 5.41 Å². The number of aromatic hydroxyl groups is 1. The van der Waals surface area contributed by atoms with E-state index >= 15 is 0 Å². The van der Waals surface area contributed by atoms with Gasteiger partial charge in [-0.1, -0.05) is 0 Å². The van der Waals surface area contributed by atoms with E-state index in [-0.39, 0.29) is 17.9 Å². The van der Waals surface area contributed by atoms with Crippen molar-refractivity contribution in [3.8, 4) is 11.5 Å². The molecule has 7 nitrogen and oxygen atoms in total. The lowest BCUT2D eigenvalue weighted by molar-refractivity contribution is -0.154. The summed E-state index contributed by atoms with van der Waals surface area (Å²) in [6.45, 7) is 0.695. The molecule has 0 aromatic heterocycles. The third kappa shape index (κ3) is 3.30. The number of hydrogen-bond donors (Lipinski definition) is 3. The van der Waals surface area contributed by atoms with Crippen LogP contribution in [0.1, 0.15) is 23.2 Å². The lowest BCUT2D eigenvalue weighted by atomic mass is 9.80. The van der Waals surface area contributed by atoms with E-state index in [0.717, 1.165) is 0 Å². The number of aliphatic carboxylic acids is 1. The summed E-state index contributed by atoms with van der Waals surface area (Å²) in [5.74, 6) is -1.24. The molecule has 1 aliphatic rings. The van der Waals surface area contributed by atoms with E-state index in [0.29, 0.717) is 31.8 Å². The van der Waals surface area contributed by atoms with Crippen LogP contribution in [0.3, 0.4) is 0 Å². The second kappa shape index (κ2) is 6.65. The predicted molar refractivity (Wildman–Crippen MR) is 77.1 cm³/mol. The van der Waals surface area contributed by atoms with E-state index in [4.69, 9.17) is 9.47 Å². The van der Waals surface area contributed by atoms with Crippen LogP contribution in [-0.4, -0.2) is 49.0 Å². The molecule has 120 valence electrons. The maximum absolute atomic E-state index is 12.2. The van der Waals surface area contributed by atoms with Crippen molar-refractivity contribution >= 4 is 11.9 Å². The minimum absolute atomic E-state index is 0.0127. The van der Waals surface area contributed by atoms with Crippen LogP contribution in [0.4, 0.5) is 0 Å². The highest BCUT2D eigenvalue weighted by Gasteiger charge is 2.40. The molecule has 3 N–H and O–H groups in total. The number of carboxylic acids is 1. The van der Waals surface area contributed by atoms with Crippen LogP contribution in [0.2, 0.25) is 0 Å². The Hall–Kier alpha value is -2.28. The SMILES string of the molecule is COc1ccc(O)c(C(=O)NCC2(C(=O)O)CCOCC2)c1. The average Bonchev–Trinajstić information content (AvgIpc) is 2.54. The van der Waals surface area contributed by atoms with Crippen LogP contribution in [0, 0.1) is 5.41 Å². The summed E-state index contributed by atoms with van der Waals surface area (Å²) in [6.07, 6.45) is 0.680. The second-order valence-corrected chi connectivity index (χ2v) is 5.26. The zero-order valence-electron chi connectivity index (χ0n) is 12.3. The van der Waals surface area contributed by atoms with Crippen molar-refractivity contribution in [3.05, 3.63) is 23.8 Å². The minimum Gasteiger partial charge on any atom is -0.507 e. The molecule has 1 fully saturated rings. The number of methoxy groups -OCH3 is 1. The maximum Gasteiger partial charge on any atom is 0.311 e. The monoisotopic (exact) mass is 309 g/mol. The van der Waals surface area contributed by atoms with Crippen LogP contribution in [0.5, 0.6) is 11.5 Å². The quantitative estimate of drug-likeness (QED) is 0.750. The number of phenols is 1. The van der Waals surface area contributed by atoms with Gasteiger partial charge in [-0.15, -0.1) is 0 Å². The fourth-order valence-corrected chi connectivity index (χ4v) is 2.40. The summed E-state index contributed by atoms with van der Waals surface area (Å²) < 4.78 is 10.2. The fraction of sp³-hybridized carbons (Fsp3) is 0.467. The molecule has 1 aliphatic heterocycles. The van der Waals surface area contributed by atoms with Gasteiger partial charge in [-0.3, -0.25) is 9.59 Å². The van der Waals surface area contributed by atoms with Crippen molar-refractivity contribution in [1.82, 2.24) is 5.32 Å². The number of carbonyl (C=O) groups is 2. The first-order chi connectivity index (χ1) is 10.5. The summed E-state index contributed by atoms with van der Waals surface area (Å²) in [7, 11) is 1.45. The summed E-state index contributed by atoms with van der Waals surface area (Å²) in [4.78, 5) is 23.7. The first kappa shape index (κ1) is 16.1. The number of hydrogen-bond acceptors (Lipinski definition) is 5. The second-order valence-electron chi connectivity index (χ2n) is 5.26. The van der Waals surface area contributed by atoms with Gasteiger partial charge in [0.15, 0.2) is 0 Å². The highest BCUT2D eigenvalue weighted by atomic mass is 16.5. The smallest absolute Gasteiger partial charge is 0.311 e. The van der Waals surface area contributed by atoms with Crippen LogP contribution in [0.15, 0.2) is 18.2 Å². The van der Waals surface area contributed by atoms with E-state index in [9.17, 15) is 19.8 Å². The molecule has 22 heavy (non-hydrogen) atoms. The molecule has 0 atom stereocenters. The third-order valence-corrected chi connectivity index (χ3v) is 3.94. The number of ether oxygens (including phenoxy) is 2. The molecule has 0 unspecified atom stereocenters. The normalized spacial score (nSPS) is 16.8. The average molecular weight is 309 g/mol. The van der Waals surface area contributed by atoms with E-state index in [1.54, 1.807) is 0 Å². The number of carbonyl (C=O) groups excluding carboxylic acids is 1. The topological polar surface area (TPSA) is 105 Å². The fourth-order valence-electron chi connectivity index (χ4n) is 2.40. The van der Waals surface area contributed by atoms with Crippen molar-refractivity contribution in [1.29, 1.82) is 0 Å². The first-order valence-electron chi connectivity index (χ1n) is 6.95. The number of benzene rings is 1. The van der Waals surface area contributed by atoms with Gasteiger partial charge in [0.2, 0.25) is 0 Å². The van der Waals surface area contributed by atoms with Gasteiger partial charge >= 0.3 is 5.97 Å². The number of carboxylic acid groups (broad SMARTS) is 1. The van der Waals surface area contributed by atoms with E-state index in [2.05, 4.69) is 5.32 Å². The summed E-state index contributed by atoms with van der Waals surface area (Å²) >= 11 is 0. The number of nitrogens with one attached hydrogen (secondary N) is 1. The Labute approximate surface area is 127 Å². The minimum atomic E-state index is -1.03. The Balaban J connectivity index is 2.10. The van der Waals surface area contributed by atoms with Crippen LogP contribution in [0.25, 0.3) is 0 Å². The largest absolute Gasteiger partial charge is 0.507 e. The van der Waals surface area contributed by atoms with Gasteiger partial charge in [-0.05, 0) is 31.0 Å². The molecule has 1 heterocycles. The van der Waals surface area contributed by atoms with E-state index in [1.165, 1.54) is 25.3 Å². The van der Waals surface area contributed by atoms with Crippen molar-refractivity contribution < 1.29 is 29.3 Å².